The Morgan fingerprint density at radius 2 is 2.19 bits per heavy atom. The first-order valence-corrected chi connectivity index (χ1v) is 11.6. The average molecular weight is 450 g/mol. The number of aromatic nitrogens is 2. The topological polar surface area (TPSA) is 62.6 Å². The Morgan fingerprint density at radius 3 is 2.97 bits per heavy atom. The van der Waals surface area contributed by atoms with Gasteiger partial charge in [0.1, 0.15) is 18.1 Å². The minimum atomic E-state index is 0.464. The fourth-order valence-electron chi connectivity index (χ4n) is 3.34. The number of anilines is 2. The number of benzene rings is 1. The molecule has 1 aromatic heterocycles. The fourth-order valence-corrected chi connectivity index (χ4v) is 4.33. The molecule has 0 spiro atoms. The molecule has 2 aromatic rings. The zero-order valence-electron chi connectivity index (χ0n) is 19.0. The second-order valence-electron chi connectivity index (χ2n) is 7.38. The lowest BCUT2D eigenvalue weighted by Crippen LogP contribution is -2.27. The third-order valence-electron chi connectivity index (χ3n) is 5.06. The van der Waals surface area contributed by atoms with E-state index < -0.39 is 0 Å². The number of rotatable bonds is 11. The van der Waals surface area contributed by atoms with Crippen molar-refractivity contribution < 1.29 is 4.74 Å². The van der Waals surface area contributed by atoms with E-state index >= 15 is 0 Å². The van der Waals surface area contributed by atoms with E-state index in [0.29, 0.717) is 13.3 Å². The van der Waals surface area contributed by atoms with Crippen molar-refractivity contribution in [1.82, 2.24) is 9.97 Å². The molecule has 7 heteroatoms. The van der Waals surface area contributed by atoms with Crippen LogP contribution in [0.1, 0.15) is 37.9 Å². The molecule has 0 radical (unpaired) electrons. The third-order valence-corrected chi connectivity index (χ3v) is 6.22. The molecule has 3 rings (SSSR count). The van der Waals surface area contributed by atoms with Gasteiger partial charge in [0.05, 0.1) is 23.3 Å². The standard InChI is InChI=1S/C25H31N5OS/c1-5-7-9-13-27-25-19(3)30(18-31-4)23-14-20(11-12-24(23)32-25)15-28-22-16-26-17-29-21(22)10-8-6-2/h5,7,9,11-14,16-17,28H,1,6,8,10,15,18H2,2-4H3/b9-7?,27-13-. The SMILES string of the molecule is C=CC=C/C=N\C1=C(C)N(COC)c2cc(CNc3cncnc3CCCC)ccc2S1. The van der Waals surface area contributed by atoms with Gasteiger partial charge in [-0.3, -0.25) is 0 Å². The smallest absolute Gasteiger partial charge is 0.122 e. The van der Waals surface area contributed by atoms with Crippen molar-refractivity contribution in [2.75, 3.05) is 24.1 Å². The first-order valence-electron chi connectivity index (χ1n) is 10.8. The van der Waals surface area contributed by atoms with E-state index in [1.54, 1.807) is 37.5 Å². The van der Waals surface area contributed by atoms with Crippen molar-refractivity contribution >= 4 is 29.4 Å². The lowest BCUT2D eigenvalue weighted by Gasteiger charge is -2.32. The Hall–Kier alpha value is -2.90. The minimum Gasteiger partial charge on any atom is -0.378 e. The van der Waals surface area contributed by atoms with Gasteiger partial charge in [-0.15, -0.1) is 0 Å². The van der Waals surface area contributed by atoms with Gasteiger partial charge in [-0.2, -0.15) is 0 Å². The molecule has 0 bridgehead atoms. The van der Waals surface area contributed by atoms with Crippen LogP contribution in [0.3, 0.4) is 0 Å². The molecule has 0 aliphatic carbocycles. The molecular formula is C25H31N5OS. The quantitative estimate of drug-likeness (QED) is 0.338. The van der Waals surface area contributed by atoms with Crippen molar-refractivity contribution in [2.24, 2.45) is 4.99 Å². The summed E-state index contributed by atoms with van der Waals surface area (Å²) < 4.78 is 5.49. The van der Waals surface area contributed by atoms with Crippen LogP contribution in [0.15, 0.2) is 76.1 Å². The van der Waals surface area contributed by atoms with Gasteiger partial charge < -0.3 is 15.0 Å². The molecule has 0 atom stereocenters. The maximum Gasteiger partial charge on any atom is 0.122 e. The number of methoxy groups -OCH3 is 1. The van der Waals surface area contributed by atoms with Crippen LogP contribution in [-0.4, -0.2) is 30.0 Å². The molecule has 2 heterocycles. The average Bonchev–Trinajstić information content (AvgIpc) is 2.82. The van der Waals surface area contributed by atoms with Crippen molar-refractivity contribution in [1.29, 1.82) is 0 Å². The van der Waals surface area contributed by atoms with Gasteiger partial charge in [0.2, 0.25) is 0 Å². The molecule has 1 aromatic carbocycles. The molecule has 0 saturated carbocycles. The van der Waals surface area contributed by atoms with Crippen LogP contribution >= 0.6 is 11.8 Å². The summed E-state index contributed by atoms with van der Waals surface area (Å²) in [6.45, 7) is 9.11. The summed E-state index contributed by atoms with van der Waals surface area (Å²) >= 11 is 1.67. The van der Waals surface area contributed by atoms with Crippen molar-refractivity contribution in [3.8, 4) is 0 Å². The zero-order valence-corrected chi connectivity index (χ0v) is 19.9. The number of ether oxygens (including phenoxy) is 1. The molecule has 0 amide bonds. The van der Waals surface area contributed by atoms with Crippen LogP contribution in [0.4, 0.5) is 11.4 Å². The first kappa shape index (κ1) is 23.8. The molecule has 1 N–H and O–H groups in total. The van der Waals surface area contributed by atoms with E-state index in [0.717, 1.165) is 52.0 Å². The molecule has 0 saturated heterocycles. The maximum absolute atomic E-state index is 5.49. The van der Waals surface area contributed by atoms with Gasteiger partial charge in [-0.25, -0.2) is 15.0 Å². The summed E-state index contributed by atoms with van der Waals surface area (Å²) in [5, 5.41) is 4.47. The van der Waals surface area contributed by atoms with E-state index in [9.17, 15) is 0 Å². The number of aliphatic imine (C=N–C) groups is 1. The number of thioether (sulfide) groups is 1. The number of hydrogen-bond donors (Lipinski definition) is 1. The molecule has 0 unspecified atom stereocenters. The molecule has 0 fully saturated rings. The molecule has 1 aliphatic rings. The second-order valence-corrected chi connectivity index (χ2v) is 8.41. The summed E-state index contributed by atoms with van der Waals surface area (Å²) in [6, 6.07) is 6.52. The van der Waals surface area contributed by atoms with Crippen LogP contribution in [0, 0.1) is 0 Å². The first-order chi connectivity index (χ1) is 15.7. The number of unbranched alkanes of at least 4 members (excludes halogenated alkanes) is 1. The van der Waals surface area contributed by atoms with Crippen LogP contribution in [0.5, 0.6) is 0 Å². The van der Waals surface area contributed by atoms with Crippen molar-refractivity contribution in [3.05, 3.63) is 77.5 Å². The summed E-state index contributed by atoms with van der Waals surface area (Å²) in [4.78, 5) is 16.6. The minimum absolute atomic E-state index is 0.464. The van der Waals surface area contributed by atoms with Gasteiger partial charge in [0.15, 0.2) is 0 Å². The van der Waals surface area contributed by atoms with E-state index in [1.165, 1.54) is 5.56 Å². The van der Waals surface area contributed by atoms with Crippen LogP contribution in [0.25, 0.3) is 0 Å². The van der Waals surface area contributed by atoms with Gasteiger partial charge in [-0.05, 0) is 43.5 Å². The van der Waals surface area contributed by atoms with E-state index in [4.69, 9.17) is 4.74 Å². The van der Waals surface area contributed by atoms with Gasteiger partial charge in [0.25, 0.3) is 0 Å². The van der Waals surface area contributed by atoms with Gasteiger partial charge in [0, 0.05) is 30.5 Å². The Bertz CT molecular complexity index is 1020. The Balaban J connectivity index is 1.80. The van der Waals surface area contributed by atoms with Gasteiger partial charge in [-0.1, -0.05) is 49.9 Å². The molecular weight excluding hydrogens is 418 g/mol. The molecule has 168 valence electrons. The highest BCUT2D eigenvalue weighted by Crippen LogP contribution is 2.44. The Labute approximate surface area is 195 Å². The van der Waals surface area contributed by atoms with Crippen LogP contribution in [0.2, 0.25) is 0 Å². The largest absolute Gasteiger partial charge is 0.378 e. The number of hydrogen-bond acceptors (Lipinski definition) is 7. The van der Waals surface area contributed by atoms with Crippen molar-refractivity contribution in [2.45, 2.75) is 44.6 Å². The normalized spacial score (nSPS) is 13.8. The number of nitrogens with one attached hydrogen (secondary N) is 1. The van der Waals surface area contributed by atoms with Gasteiger partial charge >= 0.3 is 0 Å². The highest BCUT2D eigenvalue weighted by atomic mass is 32.2. The third kappa shape index (κ3) is 6.08. The number of nitrogens with zero attached hydrogens (tertiary/aromatic N) is 4. The summed E-state index contributed by atoms with van der Waals surface area (Å²) in [7, 11) is 1.71. The predicted octanol–water partition coefficient (Wildman–Crippen LogP) is 5.95. The number of fused-ring (bicyclic) bond motifs is 1. The molecule has 1 aliphatic heterocycles. The molecule has 6 nitrogen and oxygen atoms in total. The number of aryl methyl sites for hydroxylation is 1. The lowest BCUT2D eigenvalue weighted by atomic mass is 10.1. The lowest BCUT2D eigenvalue weighted by molar-refractivity contribution is 0.202. The monoisotopic (exact) mass is 449 g/mol. The van der Waals surface area contributed by atoms with Crippen LogP contribution < -0.4 is 10.2 Å². The highest BCUT2D eigenvalue weighted by molar-refractivity contribution is 8.03. The Morgan fingerprint density at radius 1 is 1.31 bits per heavy atom. The molecule has 32 heavy (non-hydrogen) atoms. The predicted molar refractivity (Wildman–Crippen MR) is 135 cm³/mol. The summed E-state index contributed by atoms with van der Waals surface area (Å²) in [5.74, 6) is 0. The maximum atomic E-state index is 5.49. The Kier molecular flexibility index (Phi) is 9.07. The fraction of sp³-hybridized carbons (Fsp3) is 0.320. The van der Waals surface area contributed by atoms with Crippen LogP contribution in [-0.2, 0) is 17.7 Å². The zero-order chi connectivity index (χ0) is 22.8. The summed E-state index contributed by atoms with van der Waals surface area (Å²) in [6.07, 6.45) is 14.0. The van der Waals surface area contributed by atoms with Crippen molar-refractivity contribution in [3.63, 3.8) is 0 Å². The second kappa shape index (κ2) is 12.2. The summed E-state index contributed by atoms with van der Waals surface area (Å²) in [5.41, 5.74) is 5.45. The van der Waals surface area contributed by atoms with E-state index in [2.05, 4.69) is 63.8 Å². The van der Waals surface area contributed by atoms with E-state index in [-0.39, 0.29) is 0 Å². The number of allylic oxidation sites excluding steroid dienone is 4. The highest BCUT2D eigenvalue weighted by Gasteiger charge is 2.23. The van der Waals surface area contributed by atoms with E-state index in [1.807, 2.05) is 18.3 Å².